The summed E-state index contributed by atoms with van der Waals surface area (Å²) >= 11 is 5.89. The Morgan fingerprint density at radius 3 is 2.25 bits per heavy atom. The third kappa shape index (κ3) is 3.14. The number of benzene rings is 2. The number of aliphatic hydroxyl groups excluding tert-OH is 1. The molecule has 2 aromatic carbocycles. The van der Waals surface area contributed by atoms with E-state index in [0.29, 0.717) is 5.02 Å². The number of nitrogens with one attached hydrogen (secondary N) is 1. The van der Waals surface area contributed by atoms with E-state index in [1.807, 2.05) is 31.2 Å². The third-order valence-corrected chi connectivity index (χ3v) is 3.98. The Balaban J connectivity index is 2.32. The van der Waals surface area contributed by atoms with Crippen molar-refractivity contribution in [1.82, 2.24) is 0 Å². The molecule has 0 spiro atoms. The molecule has 0 saturated heterocycles. The van der Waals surface area contributed by atoms with E-state index in [9.17, 15) is 5.11 Å². The quantitative estimate of drug-likeness (QED) is 0.881. The summed E-state index contributed by atoms with van der Waals surface area (Å²) in [5.74, 6) is 0. The molecule has 0 aliphatic heterocycles. The second-order valence-corrected chi connectivity index (χ2v) is 5.86. The molecule has 0 bridgehead atoms. The summed E-state index contributed by atoms with van der Waals surface area (Å²) in [6.45, 7) is 6.17. The van der Waals surface area contributed by atoms with Crippen molar-refractivity contribution in [3.63, 3.8) is 0 Å². The summed E-state index contributed by atoms with van der Waals surface area (Å²) < 4.78 is 0. The van der Waals surface area contributed by atoms with Crippen LogP contribution in [0.15, 0.2) is 42.5 Å². The summed E-state index contributed by atoms with van der Waals surface area (Å²) in [7, 11) is 0. The fraction of sp³-hybridized carbons (Fsp3) is 0.294. The molecule has 2 N–H and O–H groups in total. The van der Waals surface area contributed by atoms with Crippen LogP contribution in [0.4, 0.5) is 5.69 Å². The van der Waals surface area contributed by atoms with Crippen LogP contribution < -0.4 is 5.32 Å². The molecular formula is C17H20ClNO. The van der Waals surface area contributed by atoms with Crippen LogP contribution in [0, 0.1) is 13.8 Å². The molecule has 106 valence electrons. The lowest BCUT2D eigenvalue weighted by Crippen LogP contribution is -2.35. The van der Waals surface area contributed by atoms with Crippen molar-refractivity contribution >= 4 is 17.3 Å². The first kappa shape index (κ1) is 14.9. The second-order valence-electron chi connectivity index (χ2n) is 5.42. The first-order valence-corrected chi connectivity index (χ1v) is 7.05. The van der Waals surface area contributed by atoms with Crippen molar-refractivity contribution in [3.8, 4) is 0 Å². The predicted octanol–water partition coefficient (Wildman–Crippen LogP) is 4.28. The molecule has 0 heterocycles. The van der Waals surface area contributed by atoms with E-state index >= 15 is 0 Å². The van der Waals surface area contributed by atoms with Gasteiger partial charge < -0.3 is 10.4 Å². The third-order valence-electron chi connectivity index (χ3n) is 3.72. The number of hydrogen-bond acceptors (Lipinski definition) is 2. The molecule has 1 atom stereocenters. The molecule has 2 rings (SSSR count). The monoisotopic (exact) mass is 289 g/mol. The normalized spacial score (nSPS) is 13.8. The highest BCUT2D eigenvalue weighted by Gasteiger charge is 2.25. The van der Waals surface area contributed by atoms with Crippen LogP contribution in [0.2, 0.25) is 5.02 Å². The number of hydrogen-bond donors (Lipinski definition) is 2. The Hall–Kier alpha value is -1.51. The van der Waals surface area contributed by atoms with Gasteiger partial charge in [0.05, 0.1) is 12.1 Å². The largest absolute Gasteiger partial charge is 0.394 e. The zero-order chi connectivity index (χ0) is 14.8. The van der Waals surface area contributed by atoms with Gasteiger partial charge in [0.1, 0.15) is 0 Å². The van der Waals surface area contributed by atoms with Gasteiger partial charge in [-0.25, -0.2) is 0 Å². The first-order valence-electron chi connectivity index (χ1n) is 6.67. The zero-order valence-electron chi connectivity index (χ0n) is 12.1. The van der Waals surface area contributed by atoms with Crippen LogP contribution in [0.5, 0.6) is 0 Å². The van der Waals surface area contributed by atoms with Crippen molar-refractivity contribution in [1.29, 1.82) is 0 Å². The SMILES string of the molecule is Cc1ccc(C(C)(CO)Nc2ccc(Cl)cc2)cc1C. The van der Waals surface area contributed by atoms with E-state index in [0.717, 1.165) is 11.3 Å². The molecular weight excluding hydrogens is 270 g/mol. The Morgan fingerprint density at radius 2 is 1.70 bits per heavy atom. The minimum Gasteiger partial charge on any atom is -0.394 e. The predicted molar refractivity (Wildman–Crippen MR) is 85.4 cm³/mol. The van der Waals surface area contributed by atoms with Crippen LogP contribution in [-0.2, 0) is 5.54 Å². The van der Waals surface area contributed by atoms with Gasteiger partial charge in [0.15, 0.2) is 0 Å². The van der Waals surface area contributed by atoms with Gasteiger partial charge in [-0.3, -0.25) is 0 Å². The molecule has 0 radical (unpaired) electrons. The minimum atomic E-state index is -0.522. The highest BCUT2D eigenvalue weighted by Crippen LogP contribution is 2.28. The second kappa shape index (κ2) is 5.86. The van der Waals surface area contributed by atoms with Crippen LogP contribution >= 0.6 is 11.6 Å². The van der Waals surface area contributed by atoms with Crippen LogP contribution in [0.25, 0.3) is 0 Å². The highest BCUT2D eigenvalue weighted by atomic mass is 35.5. The van der Waals surface area contributed by atoms with Gasteiger partial charge >= 0.3 is 0 Å². The number of aryl methyl sites for hydroxylation is 2. The van der Waals surface area contributed by atoms with Gasteiger partial charge in [-0.05, 0) is 61.7 Å². The lowest BCUT2D eigenvalue weighted by molar-refractivity contribution is 0.224. The Kier molecular flexibility index (Phi) is 4.36. The summed E-state index contributed by atoms with van der Waals surface area (Å²) in [5.41, 5.74) is 3.95. The van der Waals surface area contributed by atoms with Crippen LogP contribution in [-0.4, -0.2) is 11.7 Å². The van der Waals surface area contributed by atoms with Gasteiger partial charge in [-0.15, -0.1) is 0 Å². The molecule has 2 aromatic rings. The number of halogens is 1. The maximum absolute atomic E-state index is 9.83. The molecule has 1 unspecified atom stereocenters. The van der Waals surface area contributed by atoms with E-state index in [2.05, 4.69) is 37.4 Å². The van der Waals surface area contributed by atoms with Crippen molar-refractivity contribution in [2.45, 2.75) is 26.3 Å². The minimum absolute atomic E-state index is 0.0120. The summed E-state index contributed by atoms with van der Waals surface area (Å²) in [5, 5.41) is 13.9. The molecule has 0 amide bonds. The van der Waals surface area contributed by atoms with Crippen molar-refractivity contribution in [3.05, 3.63) is 64.2 Å². The molecule has 20 heavy (non-hydrogen) atoms. The van der Waals surface area contributed by atoms with Gasteiger partial charge in [0.25, 0.3) is 0 Å². The van der Waals surface area contributed by atoms with Gasteiger partial charge in [-0.2, -0.15) is 0 Å². The summed E-state index contributed by atoms with van der Waals surface area (Å²) in [6, 6.07) is 13.8. The Labute approximate surface area is 125 Å². The molecule has 0 aromatic heterocycles. The molecule has 0 aliphatic carbocycles. The van der Waals surface area contributed by atoms with Crippen molar-refractivity contribution in [2.75, 3.05) is 11.9 Å². The topological polar surface area (TPSA) is 32.3 Å². The van der Waals surface area contributed by atoms with E-state index in [1.54, 1.807) is 0 Å². The van der Waals surface area contributed by atoms with Gasteiger partial charge in [0.2, 0.25) is 0 Å². The first-order chi connectivity index (χ1) is 9.44. The van der Waals surface area contributed by atoms with Crippen molar-refractivity contribution in [2.24, 2.45) is 0 Å². The lowest BCUT2D eigenvalue weighted by Gasteiger charge is -2.31. The maximum Gasteiger partial charge on any atom is 0.0828 e. The average Bonchev–Trinajstić information content (AvgIpc) is 2.44. The molecule has 0 fully saturated rings. The molecule has 3 heteroatoms. The van der Waals surface area contributed by atoms with E-state index in [4.69, 9.17) is 11.6 Å². The summed E-state index contributed by atoms with van der Waals surface area (Å²) in [6.07, 6.45) is 0. The van der Waals surface area contributed by atoms with E-state index in [-0.39, 0.29) is 6.61 Å². The molecule has 2 nitrogen and oxygen atoms in total. The fourth-order valence-electron chi connectivity index (χ4n) is 2.14. The number of rotatable bonds is 4. The zero-order valence-corrected chi connectivity index (χ0v) is 12.8. The highest BCUT2D eigenvalue weighted by molar-refractivity contribution is 6.30. The maximum atomic E-state index is 9.83. The van der Waals surface area contributed by atoms with Crippen LogP contribution in [0.3, 0.4) is 0 Å². The Bertz CT molecular complexity index is 594. The molecule has 0 aliphatic rings. The van der Waals surface area contributed by atoms with Crippen LogP contribution in [0.1, 0.15) is 23.6 Å². The lowest BCUT2D eigenvalue weighted by atomic mass is 9.90. The fourth-order valence-corrected chi connectivity index (χ4v) is 2.27. The standard InChI is InChI=1S/C17H20ClNO/c1-12-4-5-14(10-13(12)2)17(3,11-20)19-16-8-6-15(18)7-9-16/h4-10,19-20H,11H2,1-3H3. The average molecular weight is 290 g/mol. The number of aliphatic hydroxyl groups is 1. The Morgan fingerprint density at radius 1 is 1.05 bits per heavy atom. The van der Waals surface area contributed by atoms with Gasteiger partial charge in [0, 0.05) is 10.7 Å². The van der Waals surface area contributed by atoms with Crippen molar-refractivity contribution < 1.29 is 5.11 Å². The summed E-state index contributed by atoms with van der Waals surface area (Å²) in [4.78, 5) is 0. The van der Waals surface area contributed by atoms with E-state index in [1.165, 1.54) is 11.1 Å². The van der Waals surface area contributed by atoms with E-state index < -0.39 is 5.54 Å². The smallest absolute Gasteiger partial charge is 0.0828 e. The molecule has 0 saturated carbocycles. The van der Waals surface area contributed by atoms with Gasteiger partial charge in [-0.1, -0.05) is 29.8 Å². The number of anilines is 1.